The smallest absolute Gasteiger partial charge is 0.239 e. The predicted molar refractivity (Wildman–Crippen MR) is 86.2 cm³/mol. The first-order valence-electron chi connectivity index (χ1n) is 6.76. The van der Waals surface area contributed by atoms with Gasteiger partial charge < -0.3 is 15.4 Å². The average Bonchev–Trinajstić information content (AvgIpc) is 2.90. The summed E-state index contributed by atoms with van der Waals surface area (Å²) < 4.78 is 6.47. The summed E-state index contributed by atoms with van der Waals surface area (Å²) in [7, 11) is 0. The van der Waals surface area contributed by atoms with Gasteiger partial charge in [-0.2, -0.15) is 0 Å². The number of rotatable bonds is 4. The minimum Gasteiger partial charge on any atom is -0.378 e. The lowest BCUT2D eigenvalue weighted by atomic mass is 10.2. The molecule has 0 bridgehead atoms. The van der Waals surface area contributed by atoms with Crippen LogP contribution in [0.2, 0.25) is 0 Å². The van der Waals surface area contributed by atoms with Crippen LogP contribution >= 0.6 is 23.7 Å². The Bertz CT molecular complexity index is 566. The number of para-hydroxylation sites is 1. The maximum Gasteiger partial charge on any atom is 0.239 e. The largest absolute Gasteiger partial charge is 0.378 e. The van der Waals surface area contributed by atoms with E-state index in [0.717, 1.165) is 23.5 Å². The van der Waals surface area contributed by atoms with Crippen molar-refractivity contribution in [3.63, 3.8) is 0 Å². The fourth-order valence-electron chi connectivity index (χ4n) is 2.18. The third-order valence-electron chi connectivity index (χ3n) is 3.21. The van der Waals surface area contributed by atoms with E-state index in [4.69, 9.17) is 4.74 Å². The van der Waals surface area contributed by atoms with Crippen LogP contribution in [0.1, 0.15) is 5.01 Å². The molecule has 3 rings (SSSR count). The highest BCUT2D eigenvalue weighted by atomic mass is 35.5. The molecule has 1 aliphatic rings. The van der Waals surface area contributed by atoms with Crippen molar-refractivity contribution in [2.75, 3.05) is 26.3 Å². The number of aromatic nitrogens is 1. The molecule has 1 aliphatic heterocycles. The van der Waals surface area contributed by atoms with Crippen LogP contribution in [0.5, 0.6) is 0 Å². The minimum atomic E-state index is -0.223. The molecule has 2 heterocycles. The number of halogens is 1. The molecule has 1 atom stereocenters. The number of nitrogens with one attached hydrogen (secondary N) is 2. The second-order valence-corrected chi connectivity index (χ2v) is 5.81. The van der Waals surface area contributed by atoms with Crippen LogP contribution in [0.4, 0.5) is 0 Å². The standard InChI is InChI=1S/C14H17N3O2S.ClH/c18-14(11-9-19-8-7-15-11)16-6-5-13-17-10-3-1-2-4-12(10)20-13;/h1-4,11,15H,5-9H2,(H,16,18);1H. The van der Waals surface area contributed by atoms with Crippen LogP contribution in [0.25, 0.3) is 10.2 Å². The highest BCUT2D eigenvalue weighted by Gasteiger charge is 2.20. The van der Waals surface area contributed by atoms with Gasteiger partial charge in [0.05, 0.1) is 28.4 Å². The van der Waals surface area contributed by atoms with Gasteiger partial charge in [-0.3, -0.25) is 4.79 Å². The molecule has 1 aromatic heterocycles. The molecule has 2 N–H and O–H groups in total. The summed E-state index contributed by atoms with van der Waals surface area (Å²) in [6, 6.07) is 7.86. The Balaban J connectivity index is 0.00000161. The van der Waals surface area contributed by atoms with Crippen molar-refractivity contribution in [1.82, 2.24) is 15.6 Å². The number of ether oxygens (including phenoxy) is 1. The number of carbonyl (C=O) groups is 1. The van der Waals surface area contributed by atoms with E-state index in [2.05, 4.69) is 21.7 Å². The van der Waals surface area contributed by atoms with Gasteiger partial charge in [-0.25, -0.2) is 4.98 Å². The van der Waals surface area contributed by atoms with Gasteiger partial charge >= 0.3 is 0 Å². The maximum atomic E-state index is 11.9. The molecule has 0 radical (unpaired) electrons. The molecule has 1 aromatic carbocycles. The third kappa shape index (κ3) is 4.14. The van der Waals surface area contributed by atoms with Crippen LogP contribution < -0.4 is 10.6 Å². The Morgan fingerprint density at radius 2 is 2.33 bits per heavy atom. The monoisotopic (exact) mass is 327 g/mol. The van der Waals surface area contributed by atoms with Gasteiger partial charge in [-0.05, 0) is 12.1 Å². The summed E-state index contributed by atoms with van der Waals surface area (Å²) in [5, 5.41) is 7.12. The Labute approximate surface area is 133 Å². The molecular weight excluding hydrogens is 310 g/mol. The predicted octanol–water partition coefficient (Wildman–Crippen LogP) is 1.37. The van der Waals surface area contributed by atoms with Crippen LogP contribution in [-0.2, 0) is 16.0 Å². The number of hydrogen-bond acceptors (Lipinski definition) is 5. The Hall–Kier alpha value is -1.21. The zero-order chi connectivity index (χ0) is 13.8. The highest BCUT2D eigenvalue weighted by molar-refractivity contribution is 7.18. The quantitative estimate of drug-likeness (QED) is 0.890. The Morgan fingerprint density at radius 3 is 3.10 bits per heavy atom. The molecule has 2 aromatic rings. The van der Waals surface area contributed by atoms with Crippen molar-refractivity contribution in [3.05, 3.63) is 29.3 Å². The molecule has 0 saturated carbocycles. The molecule has 7 heteroatoms. The van der Waals surface area contributed by atoms with E-state index in [9.17, 15) is 4.79 Å². The molecular formula is C14H18ClN3O2S. The number of thiazole rings is 1. The van der Waals surface area contributed by atoms with E-state index in [1.165, 1.54) is 4.70 Å². The fraction of sp³-hybridized carbons (Fsp3) is 0.429. The van der Waals surface area contributed by atoms with E-state index in [-0.39, 0.29) is 24.4 Å². The number of fused-ring (bicyclic) bond motifs is 1. The SMILES string of the molecule is Cl.O=C(NCCc1nc2ccccc2s1)C1COCCN1. The molecule has 21 heavy (non-hydrogen) atoms. The molecule has 114 valence electrons. The second-order valence-electron chi connectivity index (χ2n) is 4.70. The van der Waals surface area contributed by atoms with Crippen LogP contribution in [0.15, 0.2) is 24.3 Å². The lowest BCUT2D eigenvalue weighted by molar-refractivity contribution is -0.125. The van der Waals surface area contributed by atoms with Crippen molar-refractivity contribution >= 4 is 39.9 Å². The van der Waals surface area contributed by atoms with E-state index < -0.39 is 0 Å². The van der Waals surface area contributed by atoms with E-state index in [1.54, 1.807) is 11.3 Å². The zero-order valence-corrected chi connectivity index (χ0v) is 13.1. The Kier molecular flexibility index (Phi) is 5.93. The first kappa shape index (κ1) is 16.2. The molecule has 0 spiro atoms. The maximum absolute atomic E-state index is 11.9. The minimum absolute atomic E-state index is 0. The van der Waals surface area contributed by atoms with Crippen molar-refractivity contribution < 1.29 is 9.53 Å². The average molecular weight is 328 g/mol. The van der Waals surface area contributed by atoms with Gasteiger partial charge in [0.15, 0.2) is 0 Å². The fourth-order valence-corrected chi connectivity index (χ4v) is 3.14. The summed E-state index contributed by atoms with van der Waals surface area (Å²) in [5.74, 6) is 0.00538. The number of morpholine rings is 1. The van der Waals surface area contributed by atoms with E-state index in [1.807, 2.05) is 18.2 Å². The first-order chi connectivity index (χ1) is 9.83. The lowest BCUT2D eigenvalue weighted by Crippen LogP contribution is -2.51. The molecule has 1 amide bonds. The number of nitrogens with zero attached hydrogens (tertiary/aromatic N) is 1. The molecule has 1 fully saturated rings. The summed E-state index contributed by atoms with van der Waals surface area (Å²) in [4.78, 5) is 16.4. The first-order valence-corrected chi connectivity index (χ1v) is 7.58. The summed E-state index contributed by atoms with van der Waals surface area (Å²) in [6.07, 6.45) is 0.763. The third-order valence-corrected chi connectivity index (χ3v) is 4.31. The molecule has 1 unspecified atom stereocenters. The van der Waals surface area contributed by atoms with Crippen LogP contribution in [0.3, 0.4) is 0 Å². The van der Waals surface area contributed by atoms with Crippen molar-refractivity contribution in [2.24, 2.45) is 0 Å². The normalized spacial score (nSPS) is 18.2. The Morgan fingerprint density at radius 1 is 1.48 bits per heavy atom. The molecule has 1 saturated heterocycles. The van der Waals surface area contributed by atoms with Gasteiger partial charge in [0, 0.05) is 19.5 Å². The van der Waals surface area contributed by atoms with Crippen molar-refractivity contribution in [2.45, 2.75) is 12.5 Å². The van der Waals surface area contributed by atoms with Crippen molar-refractivity contribution in [3.8, 4) is 0 Å². The number of carbonyl (C=O) groups excluding carboxylic acids is 1. The van der Waals surface area contributed by atoms with Gasteiger partial charge in [-0.1, -0.05) is 12.1 Å². The molecule has 0 aliphatic carbocycles. The molecule has 5 nitrogen and oxygen atoms in total. The van der Waals surface area contributed by atoms with E-state index >= 15 is 0 Å². The number of amides is 1. The van der Waals surface area contributed by atoms with Gasteiger partial charge in [-0.15, -0.1) is 23.7 Å². The summed E-state index contributed by atoms with van der Waals surface area (Å²) in [5.41, 5.74) is 1.03. The lowest BCUT2D eigenvalue weighted by Gasteiger charge is -2.22. The highest BCUT2D eigenvalue weighted by Crippen LogP contribution is 2.21. The second kappa shape index (κ2) is 7.70. The van der Waals surface area contributed by atoms with Crippen molar-refractivity contribution in [1.29, 1.82) is 0 Å². The van der Waals surface area contributed by atoms with Gasteiger partial charge in [0.25, 0.3) is 0 Å². The van der Waals surface area contributed by atoms with Crippen LogP contribution in [-0.4, -0.2) is 43.2 Å². The van der Waals surface area contributed by atoms with Gasteiger partial charge in [0.2, 0.25) is 5.91 Å². The summed E-state index contributed by atoms with van der Waals surface area (Å²) in [6.45, 7) is 2.47. The topological polar surface area (TPSA) is 63.2 Å². The van der Waals surface area contributed by atoms with E-state index in [0.29, 0.717) is 19.8 Å². The van der Waals surface area contributed by atoms with Gasteiger partial charge in [0.1, 0.15) is 6.04 Å². The van der Waals surface area contributed by atoms with Crippen LogP contribution in [0, 0.1) is 0 Å². The summed E-state index contributed by atoms with van der Waals surface area (Å²) >= 11 is 1.68. The zero-order valence-electron chi connectivity index (χ0n) is 11.5. The number of hydrogen-bond donors (Lipinski definition) is 2. The number of benzene rings is 1.